The lowest BCUT2D eigenvalue weighted by atomic mass is 10.0. The predicted molar refractivity (Wildman–Crippen MR) is 96.5 cm³/mol. The smallest absolute Gasteiger partial charge is 0.256 e. The number of hydrogen-bond donors (Lipinski definition) is 1. The first-order chi connectivity index (χ1) is 13.1. The van der Waals surface area contributed by atoms with E-state index in [1.807, 2.05) is 18.0 Å². The van der Waals surface area contributed by atoms with Crippen LogP contribution in [-0.4, -0.2) is 40.7 Å². The van der Waals surface area contributed by atoms with Crippen molar-refractivity contribution in [1.82, 2.24) is 19.9 Å². The molecule has 8 heteroatoms. The lowest BCUT2D eigenvalue weighted by Gasteiger charge is -2.31. The van der Waals surface area contributed by atoms with Crippen LogP contribution in [-0.2, 0) is 5.54 Å². The van der Waals surface area contributed by atoms with Crippen molar-refractivity contribution in [3.05, 3.63) is 53.6 Å². The van der Waals surface area contributed by atoms with Crippen LogP contribution in [0.15, 0.2) is 36.7 Å². The number of fused-ring (bicyclic) bond motifs is 3. The van der Waals surface area contributed by atoms with Crippen LogP contribution in [0.3, 0.4) is 0 Å². The standard InChI is InChI=1S/C19H18FN5O2/c1-24-16-4-8-25-17(23-16)13(11-22-25)18(26)21-7-9-27-15-3-2-12(20)10-14(15)19(24)5-6-19/h2-4,8,10-11H,5-7,9H2,1H3,(H,21,26). The van der Waals surface area contributed by atoms with Gasteiger partial charge in [0.2, 0.25) is 0 Å². The Balaban J connectivity index is 1.69. The lowest BCUT2D eigenvalue weighted by molar-refractivity contribution is 0.0948. The van der Waals surface area contributed by atoms with Gasteiger partial charge in [0.15, 0.2) is 5.65 Å². The quantitative estimate of drug-likeness (QED) is 0.659. The van der Waals surface area contributed by atoms with Crippen molar-refractivity contribution in [2.45, 2.75) is 18.4 Å². The third-order valence-corrected chi connectivity index (χ3v) is 5.40. The Morgan fingerprint density at radius 1 is 1.30 bits per heavy atom. The maximum Gasteiger partial charge on any atom is 0.256 e. The van der Waals surface area contributed by atoms with Gasteiger partial charge in [0, 0.05) is 18.8 Å². The summed E-state index contributed by atoms with van der Waals surface area (Å²) in [5.41, 5.74) is 1.35. The minimum atomic E-state index is -0.367. The number of carbonyl (C=O) groups is 1. The SMILES string of the molecule is CN1c2ccn3ncc(c3n2)C(=O)NCCOc2ccc(F)cc2C12CC2. The molecule has 2 aliphatic rings. The van der Waals surface area contributed by atoms with Gasteiger partial charge in [0.05, 0.1) is 18.3 Å². The molecule has 1 N–H and O–H groups in total. The number of benzene rings is 1. The van der Waals surface area contributed by atoms with Gasteiger partial charge in [-0.3, -0.25) is 4.79 Å². The van der Waals surface area contributed by atoms with Crippen LogP contribution in [0.1, 0.15) is 28.8 Å². The molecule has 1 aromatic carbocycles. The maximum absolute atomic E-state index is 14.0. The van der Waals surface area contributed by atoms with Crippen LogP contribution in [0.5, 0.6) is 5.75 Å². The average Bonchev–Trinajstić information content (AvgIpc) is 3.37. The Labute approximate surface area is 154 Å². The van der Waals surface area contributed by atoms with E-state index in [9.17, 15) is 9.18 Å². The summed E-state index contributed by atoms with van der Waals surface area (Å²) in [7, 11) is 1.94. The second-order valence-electron chi connectivity index (χ2n) is 6.95. The molecule has 0 radical (unpaired) electrons. The molecule has 1 fully saturated rings. The van der Waals surface area contributed by atoms with Gasteiger partial charge in [0.1, 0.15) is 29.6 Å². The van der Waals surface area contributed by atoms with Gasteiger partial charge in [-0.05, 0) is 37.1 Å². The Morgan fingerprint density at radius 3 is 2.96 bits per heavy atom. The molecule has 3 heterocycles. The zero-order valence-electron chi connectivity index (χ0n) is 14.8. The van der Waals surface area contributed by atoms with Crippen LogP contribution in [0.2, 0.25) is 0 Å². The van der Waals surface area contributed by atoms with Crippen molar-refractivity contribution in [1.29, 1.82) is 0 Å². The van der Waals surface area contributed by atoms with E-state index in [1.54, 1.807) is 22.8 Å². The van der Waals surface area contributed by atoms with E-state index in [0.29, 0.717) is 35.9 Å². The van der Waals surface area contributed by atoms with Gasteiger partial charge < -0.3 is 15.0 Å². The minimum absolute atomic E-state index is 0.249. The second kappa shape index (κ2) is 5.67. The molecule has 1 aliphatic heterocycles. The second-order valence-corrected chi connectivity index (χ2v) is 6.95. The van der Waals surface area contributed by atoms with Gasteiger partial charge in [0.25, 0.3) is 5.91 Å². The van der Waals surface area contributed by atoms with Crippen LogP contribution in [0.4, 0.5) is 10.2 Å². The van der Waals surface area contributed by atoms with Crippen LogP contribution >= 0.6 is 0 Å². The van der Waals surface area contributed by atoms with Crippen molar-refractivity contribution < 1.29 is 13.9 Å². The number of nitrogens with zero attached hydrogens (tertiary/aromatic N) is 4. The summed E-state index contributed by atoms with van der Waals surface area (Å²) >= 11 is 0. The average molecular weight is 367 g/mol. The third kappa shape index (κ3) is 2.43. The zero-order valence-corrected chi connectivity index (χ0v) is 14.8. The fourth-order valence-corrected chi connectivity index (χ4v) is 3.74. The Morgan fingerprint density at radius 2 is 2.15 bits per heavy atom. The van der Waals surface area contributed by atoms with E-state index in [4.69, 9.17) is 4.74 Å². The zero-order chi connectivity index (χ0) is 18.6. The summed E-state index contributed by atoms with van der Waals surface area (Å²) in [4.78, 5) is 19.2. The summed E-state index contributed by atoms with van der Waals surface area (Å²) in [5, 5.41) is 7.02. The summed E-state index contributed by atoms with van der Waals surface area (Å²) < 4.78 is 21.5. The fraction of sp³-hybridized carbons (Fsp3) is 0.316. The van der Waals surface area contributed by atoms with Crippen LogP contribution in [0, 0.1) is 5.82 Å². The van der Waals surface area contributed by atoms with Gasteiger partial charge in [-0.2, -0.15) is 5.10 Å². The molecule has 0 saturated heterocycles. The summed E-state index contributed by atoms with van der Waals surface area (Å²) in [6.45, 7) is 0.620. The molecule has 2 bridgehead atoms. The largest absolute Gasteiger partial charge is 0.491 e. The highest BCUT2D eigenvalue weighted by Crippen LogP contribution is 2.54. The van der Waals surface area contributed by atoms with E-state index in [0.717, 1.165) is 18.4 Å². The lowest BCUT2D eigenvalue weighted by Crippen LogP contribution is -2.33. The molecule has 7 nitrogen and oxygen atoms in total. The molecule has 3 aromatic rings. The monoisotopic (exact) mass is 367 g/mol. The third-order valence-electron chi connectivity index (χ3n) is 5.40. The molecule has 0 atom stereocenters. The highest BCUT2D eigenvalue weighted by Gasteiger charge is 2.50. The Kier molecular flexibility index (Phi) is 3.37. The summed E-state index contributed by atoms with van der Waals surface area (Å²) in [6.07, 6.45) is 5.04. The number of rotatable bonds is 0. The molecule has 1 spiro atoms. The van der Waals surface area contributed by atoms with Crippen molar-refractivity contribution in [2.75, 3.05) is 25.1 Å². The highest BCUT2D eigenvalue weighted by atomic mass is 19.1. The number of nitrogens with one attached hydrogen (secondary N) is 1. The number of amides is 1. The van der Waals surface area contributed by atoms with Crippen molar-refractivity contribution >= 4 is 17.4 Å². The maximum atomic E-state index is 14.0. The van der Waals surface area contributed by atoms with Gasteiger partial charge in [-0.15, -0.1) is 0 Å². The number of halogens is 1. The molecule has 27 heavy (non-hydrogen) atoms. The first-order valence-corrected chi connectivity index (χ1v) is 8.88. The number of carbonyl (C=O) groups excluding carboxylic acids is 1. The first kappa shape index (κ1) is 16.0. The molecule has 1 aliphatic carbocycles. The van der Waals surface area contributed by atoms with E-state index < -0.39 is 0 Å². The van der Waals surface area contributed by atoms with Crippen molar-refractivity contribution in [2.24, 2.45) is 0 Å². The van der Waals surface area contributed by atoms with E-state index >= 15 is 0 Å². The van der Waals surface area contributed by atoms with E-state index in [-0.39, 0.29) is 17.3 Å². The normalized spacial score (nSPS) is 18.3. The highest BCUT2D eigenvalue weighted by molar-refractivity contribution is 5.99. The molecule has 0 unspecified atom stereocenters. The molecule has 2 aromatic heterocycles. The minimum Gasteiger partial charge on any atom is -0.491 e. The predicted octanol–water partition coefficient (Wildman–Crippen LogP) is 2.12. The van der Waals surface area contributed by atoms with Crippen molar-refractivity contribution in [3.8, 4) is 5.75 Å². The van der Waals surface area contributed by atoms with Crippen molar-refractivity contribution in [3.63, 3.8) is 0 Å². The van der Waals surface area contributed by atoms with E-state index in [1.165, 1.54) is 12.3 Å². The number of ether oxygens (including phenoxy) is 1. The van der Waals surface area contributed by atoms with Gasteiger partial charge in [-0.1, -0.05) is 0 Å². The van der Waals surface area contributed by atoms with E-state index in [2.05, 4.69) is 15.4 Å². The summed E-state index contributed by atoms with van der Waals surface area (Å²) in [6, 6.07) is 6.44. The molecule has 1 amide bonds. The fourth-order valence-electron chi connectivity index (χ4n) is 3.74. The van der Waals surface area contributed by atoms with Crippen LogP contribution in [0.25, 0.3) is 5.65 Å². The summed E-state index contributed by atoms with van der Waals surface area (Å²) in [5.74, 6) is 0.791. The molecular formula is C19H18FN5O2. The first-order valence-electron chi connectivity index (χ1n) is 8.88. The molecule has 5 rings (SSSR count). The molecule has 138 valence electrons. The number of aromatic nitrogens is 3. The van der Waals surface area contributed by atoms with Gasteiger partial charge >= 0.3 is 0 Å². The topological polar surface area (TPSA) is 71.8 Å². The van der Waals surface area contributed by atoms with Crippen LogP contribution < -0.4 is 15.0 Å². The number of anilines is 1. The Hall–Kier alpha value is -3.16. The molecule has 1 saturated carbocycles. The molecular weight excluding hydrogens is 349 g/mol. The number of hydrogen-bond acceptors (Lipinski definition) is 5. The Bertz CT molecular complexity index is 1060. The van der Waals surface area contributed by atoms with Gasteiger partial charge in [-0.25, -0.2) is 13.9 Å².